The minimum atomic E-state index is -0.325. The molecule has 1 N–H and O–H groups in total. The van der Waals surface area contributed by atoms with Gasteiger partial charge in [-0.3, -0.25) is 0 Å². The van der Waals surface area contributed by atoms with Gasteiger partial charge in [0.1, 0.15) is 0 Å². The topological polar surface area (TPSA) is 29.5 Å². The maximum absolute atomic E-state index is 10.8. The minimum absolute atomic E-state index is 0.325. The SMILES string of the molecule is COCCCC1(O)CC2CC1C1CCCC21. The molecule has 3 aliphatic carbocycles. The normalized spacial score (nSPS) is 49.9. The molecule has 3 rings (SSSR count). The Kier molecular flexibility index (Phi) is 2.75. The van der Waals surface area contributed by atoms with E-state index in [9.17, 15) is 5.11 Å². The first-order valence-corrected chi connectivity index (χ1v) is 6.96. The maximum Gasteiger partial charge on any atom is 0.0682 e. The van der Waals surface area contributed by atoms with E-state index >= 15 is 0 Å². The largest absolute Gasteiger partial charge is 0.390 e. The molecule has 2 bridgehead atoms. The van der Waals surface area contributed by atoms with Gasteiger partial charge in [-0.25, -0.2) is 0 Å². The summed E-state index contributed by atoms with van der Waals surface area (Å²) in [5, 5.41) is 10.8. The molecule has 0 amide bonds. The van der Waals surface area contributed by atoms with Gasteiger partial charge < -0.3 is 9.84 Å². The van der Waals surface area contributed by atoms with Gasteiger partial charge in [0.15, 0.2) is 0 Å². The molecule has 0 aliphatic heterocycles. The zero-order valence-corrected chi connectivity index (χ0v) is 10.3. The molecule has 0 aromatic carbocycles. The van der Waals surface area contributed by atoms with Crippen molar-refractivity contribution in [1.82, 2.24) is 0 Å². The molecule has 0 aromatic heterocycles. The van der Waals surface area contributed by atoms with Gasteiger partial charge in [-0.2, -0.15) is 0 Å². The molecule has 0 radical (unpaired) electrons. The molecule has 0 aromatic rings. The molecule has 0 saturated heterocycles. The van der Waals surface area contributed by atoms with Crippen LogP contribution in [0.4, 0.5) is 0 Å². The smallest absolute Gasteiger partial charge is 0.0682 e. The lowest BCUT2D eigenvalue weighted by Gasteiger charge is -2.39. The summed E-state index contributed by atoms with van der Waals surface area (Å²) >= 11 is 0. The second kappa shape index (κ2) is 3.99. The third-order valence-electron chi connectivity index (χ3n) is 5.57. The average molecular weight is 224 g/mol. The second-order valence-electron chi connectivity index (χ2n) is 6.26. The zero-order chi connectivity index (χ0) is 11.2. The predicted octanol–water partition coefficient (Wildman–Crippen LogP) is 2.60. The molecule has 5 atom stereocenters. The quantitative estimate of drug-likeness (QED) is 0.744. The summed E-state index contributed by atoms with van der Waals surface area (Å²) in [5.41, 5.74) is -0.325. The van der Waals surface area contributed by atoms with E-state index in [1.54, 1.807) is 7.11 Å². The zero-order valence-electron chi connectivity index (χ0n) is 10.3. The number of rotatable bonds is 4. The Hall–Kier alpha value is -0.0800. The Balaban J connectivity index is 1.66. The van der Waals surface area contributed by atoms with E-state index in [4.69, 9.17) is 4.74 Å². The molecule has 3 aliphatic rings. The van der Waals surface area contributed by atoms with Gasteiger partial charge in [0.2, 0.25) is 0 Å². The first-order chi connectivity index (χ1) is 7.74. The Morgan fingerprint density at radius 3 is 2.94 bits per heavy atom. The van der Waals surface area contributed by atoms with Crippen LogP contribution < -0.4 is 0 Å². The predicted molar refractivity (Wildman–Crippen MR) is 63.1 cm³/mol. The van der Waals surface area contributed by atoms with Gasteiger partial charge in [-0.1, -0.05) is 6.42 Å². The molecule has 0 spiro atoms. The van der Waals surface area contributed by atoms with Gasteiger partial charge in [-0.15, -0.1) is 0 Å². The van der Waals surface area contributed by atoms with Crippen LogP contribution in [0.25, 0.3) is 0 Å². The molecule has 2 heteroatoms. The Morgan fingerprint density at radius 1 is 1.31 bits per heavy atom. The van der Waals surface area contributed by atoms with Crippen LogP contribution in [0.1, 0.15) is 44.9 Å². The van der Waals surface area contributed by atoms with Crippen LogP contribution in [0.5, 0.6) is 0 Å². The van der Waals surface area contributed by atoms with Crippen LogP contribution >= 0.6 is 0 Å². The first-order valence-electron chi connectivity index (χ1n) is 6.96. The lowest BCUT2D eigenvalue weighted by molar-refractivity contribution is -0.0561. The van der Waals surface area contributed by atoms with Crippen molar-refractivity contribution in [2.45, 2.75) is 50.5 Å². The van der Waals surface area contributed by atoms with Crippen molar-refractivity contribution in [3.05, 3.63) is 0 Å². The summed E-state index contributed by atoms with van der Waals surface area (Å²) in [7, 11) is 1.75. The Morgan fingerprint density at radius 2 is 2.12 bits per heavy atom. The van der Waals surface area contributed by atoms with Crippen LogP contribution in [0, 0.1) is 23.7 Å². The van der Waals surface area contributed by atoms with Crippen molar-refractivity contribution in [3.63, 3.8) is 0 Å². The number of hydrogen-bond acceptors (Lipinski definition) is 2. The fraction of sp³-hybridized carbons (Fsp3) is 1.00. The molecule has 16 heavy (non-hydrogen) atoms. The number of hydrogen-bond donors (Lipinski definition) is 1. The second-order valence-corrected chi connectivity index (χ2v) is 6.26. The molecule has 2 nitrogen and oxygen atoms in total. The van der Waals surface area contributed by atoms with Gasteiger partial charge in [0.25, 0.3) is 0 Å². The standard InChI is InChI=1S/C14H24O2/c1-16-7-3-6-14(15)9-10-8-13(14)12-5-2-4-11(10)12/h10-13,15H,2-9H2,1H3. The summed E-state index contributed by atoms with van der Waals surface area (Å²) in [6, 6.07) is 0. The van der Waals surface area contributed by atoms with Crippen molar-refractivity contribution in [2.75, 3.05) is 13.7 Å². The maximum atomic E-state index is 10.8. The Bertz CT molecular complexity index is 265. The van der Waals surface area contributed by atoms with Crippen LogP contribution in [-0.2, 0) is 4.74 Å². The number of ether oxygens (including phenoxy) is 1. The highest BCUT2D eigenvalue weighted by molar-refractivity contribution is 5.09. The van der Waals surface area contributed by atoms with Crippen molar-refractivity contribution in [2.24, 2.45) is 23.7 Å². The van der Waals surface area contributed by atoms with Gasteiger partial charge in [0, 0.05) is 13.7 Å². The lowest BCUT2D eigenvalue weighted by Crippen LogP contribution is -2.41. The summed E-state index contributed by atoms with van der Waals surface area (Å²) < 4.78 is 5.10. The highest BCUT2D eigenvalue weighted by atomic mass is 16.5. The van der Waals surface area contributed by atoms with Crippen LogP contribution in [0.2, 0.25) is 0 Å². The molecule has 92 valence electrons. The monoisotopic (exact) mass is 224 g/mol. The highest BCUT2D eigenvalue weighted by Gasteiger charge is 2.59. The van der Waals surface area contributed by atoms with Crippen molar-refractivity contribution >= 4 is 0 Å². The van der Waals surface area contributed by atoms with Crippen LogP contribution in [0.3, 0.4) is 0 Å². The molecule has 0 heterocycles. The van der Waals surface area contributed by atoms with E-state index < -0.39 is 0 Å². The van der Waals surface area contributed by atoms with Crippen molar-refractivity contribution in [1.29, 1.82) is 0 Å². The molecule has 3 fully saturated rings. The average Bonchev–Trinajstić information content (AvgIpc) is 2.87. The number of methoxy groups -OCH3 is 1. The summed E-state index contributed by atoms with van der Waals surface area (Å²) in [4.78, 5) is 0. The van der Waals surface area contributed by atoms with E-state index in [-0.39, 0.29) is 5.60 Å². The van der Waals surface area contributed by atoms with Crippen LogP contribution in [-0.4, -0.2) is 24.4 Å². The van der Waals surface area contributed by atoms with Crippen molar-refractivity contribution < 1.29 is 9.84 Å². The van der Waals surface area contributed by atoms with Crippen LogP contribution in [0.15, 0.2) is 0 Å². The molecule has 3 saturated carbocycles. The van der Waals surface area contributed by atoms with E-state index in [1.165, 1.54) is 25.7 Å². The fourth-order valence-electron chi connectivity index (χ4n) is 5.05. The highest BCUT2D eigenvalue weighted by Crippen LogP contribution is 2.63. The summed E-state index contributed by atoms with van der Waals surface area (Å²) in [6.07, 6.45) is 8.63. The fourth-order valence-corrected chi connectivity index (χ4v) is 5.05. The minimum Gasteiger partial charge on any atom is -0.390 e. The Labute approximate surface area is 98.4 Å². The van der Waals surface area contributed by atoms with E-state index in [0.29, 0.717) is 5.92 Å². The number of fused-ring (bicyclic) bond motifs is 5. The third kappa shape index (κ3) is 1.53. The van der Waals surface area contributed by atoms with Gasteiger partial charge >= 0.3 is 0 Å². The summed E-state index contributed by atoms with van der Waals surface area (Å²) in [6.45, 7) is 0.799. The van der Waals surface area contributed by atoms with Gasteiger partial charge in [-0.05, 0) is 62.2 Å². The number of aliphatic hydroxyl groups is 1. The summed E-state index contributed by atoms with van der Waals surface area (Å²) in [5.74, 6) is 3.32. The third-order valence-corrected chi connectivity index (χ3v) is 5.57. The molecule has 5 unspecified atom stereocenters. The van der Waals surface area contributed by atoms with Gasteiger partial charge in [0.05, 0.1) is 5.60 Å². The van der Waals surface area contributed by atoms with E-state index in [2.05, 4.69) is 0 Å². The lowest BCUT2D eigenvalue weighted by atomic mass is 9.71. The van der Waals surface area contributed by atoms with Crippen molar-refractivity contribution in [3.8, 4) is 0 Å². The van der Waals surface area contributed by atoms with E-state index in [0.717, 1.165) is 43.6 Å². The molecular weight excluding hydrogens is 200 g/mol. The first kappa shape index (κ1) is 11.0. The molecular formula is C14H24O2. The van der Waals surface area contributed by atoms with E-state index in [1.807, 2.05) is 0 Å².